The van der Waals surface area contributed by atoms with Crippen molar-refractivity contribution < 1.29 is 0 Å². The van der Waals surface area contributed by atoms with Crippen LogP contribution in [0.3, 0.4) is 0 Å². The van der Waals surface area contributed by atoms with E-state index in [1.165, 1.54) is 32.9 Å². The molecule has 0 fully saturated rings. The van der Waals surface area contributed by atoms with E-state index in [4.69, 9.17) is 0 Å². The molecule has 23 heavy (non-hydrogen) atoms. The smallest absolute Gasteiger partial charge is 0.0496 e. The number of benzene rings is 4. The van der Waals surface area contributed by atoms with E-state index in [1.54, 1.807) is 0 Å². The van der Waals surface area contributed by atoms with E-state index in [0.717, 1.165) is 6.54 Å². The van der Waals surface area contributed by atoms with Crippen molar-refractivity contribution in [3.8, 4) is 0 Å². The van der Waals surface area contributed by atoms with Gasteiger partial charge in [0.15, 0.2) is 0 Å². The van der Waals surface area contributed by atoms with Crippen LogP contribution < -0.4 is 4.90 Å². The minimum atomic E-state index is 0.937. The van der Waals surface area contributed by atoms with Crippen LogP contribution in [0.15, 0.2) is 84.9 Å². The van der Waals surface area contributed by atoms with E-state index in [2.05, 4.69) is 96.8 Å². The van der Waals surface area contributed by atoms with E-state index in [0.29, 0.717) is 0 Å². The summed E-state index contributed by atoms with van der Waals surface area (Å²) in [5.41, 5.74) is 2.50. The molecule has 4 rings (SSSR count). The zero-order valence-electron chi connectivity index (χ0n) is 13.2. The van der Waals surface area contributed by atoms with Crippen molar-refractivity contribution in [2.45, 2.75) is 6.92 Å². The Morgan fingerprint density at radius 2 is 1.26 bits per heavy atom. The molecule has 0 spiro atoms. The first-order valence-corrected chi connectivity index (χ1v) is 8.11. The fourth-order valence-corrected chi connectivity index (χ4v) is 3.36. The van der Waals surface area contributed by atoms with Gasteiger partial charge in [-0.05, 0) is 41.3 Å². The highest BCUT2D eigenvalue weighted by molar-refractivity contribution is 6.13. The molecular formula is C22H19N. The molecule has 0 unspecified atom stereocenters. The first kappa shape index (κ1) is 13.8. The molecule has 1 nitrogen and oxygen atoms in total. The fraction of sp³-hybridized carbons (Fsp3) is 0.0909. The minimum absolute atomic E-state index is 0.937. The maximum absolute atomic E-state index is 2.38. The fourth-order valence-electron chi connectivity index (χ4n) is 3.36. The molecule has 0 aliphatic carbocycles. The van der Waals surface area contributed by atoms with Gasteiger partial charge < -0.3 is 4.90 Å². The van der Waals surface area contributed by atoms with Gasteiger partial charge in [0.05, 0.1) is 0 Å². The lowest BCUT2D eigenvalue weighted by Gasteiger charge is -2.25. The lowest BCUT2D eigenvalue weighted by molar-refractivity contribution is 1.03. The van der Waals surface area contributed by atoms with E-state index in [-0.39, 0.29) is 0 Å². The Bertz CT molecular complexity index is 957. The average molecular weight is 297 g/mol. The van der Waals surface area contributed by atoms with Gasteiger partial charge >= 0.3 is 0 Å². The summed E-state index contributed by atoms with van der Waals surface area (Å²) >= 11 is 0. The average Bonchev–Trinajstić information content (AvgIpc) is 2.63. The maximum atomic E-state index is 2.38. The summed E-state index contributed by atoms with van der Waals surface area (Å²) in [6, 6.07) is 30.3. The van der Waals surface area contributed by atoms with Crippen LogP contribution in [0.5, 0.6) is 0 Å². The van der Waals surface area contributed by atoms with Crippen molar-refractivity contribution in [1.82, 2.24) is 0 Å². The Morgan fingerprint density at radius 3 is 2.00 bits per heavy atom. The van der Waals surface area contributed by atoms with Gasteiger partial charge in [-0.15, -0.1) is 0 Å². The van der Waals surface area contributed by atoms with Crippen molar-refractivity contribution in [2.75, 3.05) is 11.4 Å². The molecule has 0 heterocycles. The van der Waals surface area contributed by atoms with Gasteiger partial charge in [0.25, 0.3) is 0 Å². The molecule has 4 aromatic rings. The largest absolute Gasteiger partial charge is 0.341 e. The Labute approximate surface area is 136 Å². The van der Waals surface area contributed by atoms with Crippen LogP contribution in [0.4, 0.5) is 11.4 Å². The summed E-state index contributed by atoms with van der Waals surface area (Å²) in [5, 5.41) is 5.22. The molecule has 0 atom stereocenters. The zero-order chi connectivity index (χ0) is 15.6. The first-order chi connectivity index (χ1) is 11.4. The zero-order valence-corrected chi connectivity index (χ0v) is 13.2. The predicted octanol–water partition coefficient (Wildman–Crippen LogP) is 6.15. The standard InChI is InChI=1S/C22H19N/c1-2-23(18-11-4-3-5-12-18)22-16-17-10-6-7-13-19(17)20-14-8-9-15-21(20)22/h3-16H,2H2,1H3. The molecule has 0 saturated carbocycles. The van der Waals surface area contributed by atoms with E-state index in [9.17, 15) is 0 Å². The monoisotopic (exact) mass is 297 g/mol. The number of rotatable bonds is 3. The molecule has 0 radical (unpaired) electrons. The summed E-state index contributed by atoms with van der Waals surface area (Å²) in [4.78, 5) is 2.38. The molecule has 112 valence electrons. The Balaban J connectivity index is 2.05. The number of nitrogens with zero attached hydrogens (tertiary/aromatic N) is 1. The van der Waals surface area contributed by atoms with Crippen molar-refractivity contribution in [1.29, 1.82) is 0 Å². The van der Waals surface area contributed by atoms with E-state index in [1.807, 2.05) is 0 Å². The summed E-state index contributed by atoms with van der Waals surface area (Å²) in [5.74, 6) is 0. The highest BCUT2D eigenvalue weighted by atomic mass is 15.1. The third-order valence-corrected chi connectivity index (χ3v) is 4.42. The van der Waals surface area contributed by atoms with Crippen LogP contribution in [0.1, 0.15) is 6.92 Å². The van der Waals surface area contributed by atoms with Gasteiger partial charge in [-0.2, -0.15) is 0 Å². The van der Waals surface area contributed by atoms with Crippen molar-refractivity contribution >= 4 is 32.9 Å². The van der Waals surface area contributed by atoms with Crippen molar-refractivity contribution in [3.05, 3.63) is 84.9 Å². The molecule has 0 N–H and O–H groups in total. The van der Waals surface area contributed by atoms with Gasteiger partial charge in [-0.3, -0.25) is 0 Å². The first-order valence-electron chi connectivity index (χ1n) is 8.11. The van der Waals surface area contributed by atoms with Crippen LogP contribution in [-0.2, 0) is 0 Å². The highest BCUT2D eigenvalue weighted by Crippen LogP contribution is 2.36. The van der Waals surface area contributed by atoms with Crippen molar-refractivity contribution in [2.24, 2.45) is 0 Å². The van der Waals surface area contributed by atoms with Gasteiger partial charge in [0, 0.05) is 23.3 Å². The molecule has 0 saturated heterocycles. The number of para-hydroxylation sites is 1. The van der Waals surface area contributed by atoms with E-state index >= 15 is 0 Å². The number of fused-ring (bicyclic) bond motifs is 3. The van der Waals surface area contributed by atoms with Crippen LogP contribution in [0.2, 0.25) is 0 Å². The second-order valence-electron chi connectivity index (χ2n) is 5.74. The molecule has 4 aromatic carbocycles. The normalized spacial score (nSPS) is 11.0. The number of hydrogen-bond donors (Lipinski definition) is 0. The van der Waals surface area contributed by atoms with Gasteiger partial charge in [0.2, 0.25) is 0 Å². The second kappa shape index (κ2) is 5.77. The van der Waals surface area contributed by atoms with E-state index < -0.39 is 0 Å². The third kappa shape index (κ3) is 2.35. The topological polar surface area (TPSA) is 3.24 Å². The SMILES string of the molecule is CCN(c1ccccc1)c1cc2ccccc2c2ccccc12. The van der Waals surface area contributed by atoms with Crippen LogP contribution in [0, 0.1) is 0 Å². The van der Waals surface area contributed by atoms with Gasteiger partial charge in [0.1, 0.15) is 0 Å². The van der Waals surface area contributed by atoms with Gasteiger partial charge in [-0.25, -0.2) is 0 Å². The minimum Gasteiger partial charge on any atom is -0.341 e. The molecular weight excluding hydrogens is 278 g/mol. The molecule has 1 heteroatoms. The Kier molecular flexibility index (Phi) is 3.47. The highest BCUT2D eigenvalue weighted by Gasteiger charge is 2.12. The lowest BCUT2D eigenvalue weighted by Crippen LogP contribution is -2.16. The quantitative estimate of drug-likeness (QED) is 0.410. The second-order valence-corrected chi connectivity index (χ2v) is 5.74. The Morgan fingerprint density at radius 1 is 0.652 bits per heavy atom. The Hall–Kier alpha value is -2.80. The van der Waals surface area contributed by atoms with Crippen LogP contribution >= 0.6 is 0 Å². The number of anilines is 2. The summed E-state index contributed by atoms with van der Waals surface area (Å²) in [7, 11) is 0. The molecule has 0 aliphatic rings. The maximum Gasteiger partial charge on any atom is 0.0496 e. The van der Waals surface area contributed by atoms with Crippen LogP contribution in [0.25, 0.3) is 21.5 Å². The molecule has 0 aliphatic heterocycles. The molecule has 0 amide bonds. The summed E-state index contributed by atoms with van der Waals surface area (Å²) in [6.07, 6.45) is 0. The van der Waals surface area contributed by atoms with Gasteiger partial charge in [-0.1, -0.05) is 66.7 Å². The molecule has 0 aromatic heterocycles. The van der Waals surface area contributed by atoms with Crippen LogP contribution in [-0.4, -0.2) is 6.54 Å². The number of hydrogen-bond acceptors (Lipinski definition) is 1. The summed E-state index contributed by atoms with van der Waals surface area (Å²) in [6.45, 7) is 3.14. The van der Waals surface area contributed by atoms with Crippen molar-refractivity contribution in [3.63, 3.8) is 0 Å². The summed E-state index contributed by atoms with van der Waals surface area (Å²) < 4.78 is 0. The third-order valence-electron chi connectivity index (χ3n) is 4.42. The predicted molar refractivity (Wildman–Crippen MR) is 101 cm³/mol. The lowest BCUT2D eigenvalue weighted by atomic mass is 9.99. The molecule has 0 bridgehead atoms.